The molecule has 0 aromatic rings. The first-order chi connectivity index (χ1) is 4.16. The van der Waals surface area contributed by atoms with Gasteiger partial charge in [-0.2, -0.15) is 0 Å². The van der Waals surface area contributed by atoms with E-state index in [1.165, 1.54) is 0 Å². The Labute approximate surface area is 54.8 Å². The fourth-order valence-corrected chi connectivity index (χ4v) is 1.07. The molecule has 1 aliphatic carbocycles. The standard InChI is InChI=1S/C7H12O2/c1-7(5-8)3-2-6(9)4-7/h2-3,6,8-9H,4-5H2,1H3/t6-,7+/m1/s1. The Bertz CT molecular complexity index is 131. The van der Waals surface area contributed by atoms with Crippen molar-refractivity contribution in [3.63, 3.8) is 0 Å². The molecule has 0 unspecified atom stereocenters. The normalized spacial score (nSPS) is 41.9. The Kier molecular flexibility index (Phi) is 1.60. The van der Waals surface area contributed by atoms with Crippen LogP contribution in [0.5, 0.6) is 0 Å². The summed E-state index contributed by atoms with van der Waals surface area (Å²) in [6.45, 7) is 2.06. The molecule has 1 rings (SSSR count). The van der Waals surface area contributed by atoms with Crippen LogP contribution >= 0.6 is 0 Å². The third-order valence-corrected chi connectivity index (χ3v) is 1.76. The molecule has 0 radical (unpaired) electrons. The lowest BCUT2D eigenvalue weighted by Gasteiger charge is -2.17. The maximum Gasteiger partial charge on any atom is 0.0730 e. The molecular weight excluding hydrogens is 116 g/mol. The maximum atomic E-state index is 9.00. The van der Waals surface area contributed by atoms with Crippen LogP contribution in [0.4, 0.5) is 0 Å². The predicted molar refractivity (Wildman–Crippen MR) is 35.0 cm³/mol. The highest BCUT2D eigenvalue weighted by Crippen LogP contribution is 2.30. The van der Waals surface area contributed by atoms with Crippen molar-refractivity contribution in [2.45, 2.75) is 19.4 Å². The van der Waals surface area contributed by atoms with Crippen molar-refractivity contribution in [2.75, 3.05) is 6.61 Å². The summed E-state index contributed by atoms with van der Waals surface area (Å²) in [7, 11) is 0. The minimum absolute atomic E-state index is 0.126. The highest BCUT2D eigenvalue weighted by atomic mass is 16.3. The van der Waals surface area contributed by atoms with E-state index >= 15 is 0 Å². The van der Waals surface area contributed by atoms with Gasteiger partial charge in [-0.1, -0.05) is 19.1 Å². The molecule has 9 heavy (non-hydrogen) atoms. The zero-order chi connectivity index (χ0) is 6.91. The zero-order valence-electron chi connectivity index (χ0n) is 5.54. The number of aliphatic hydroxyl groups excluding tert-OH is 2. The summed E-state index contributed by atoms with van der Waals surface area (Å²) in [5, 5.41) is 17.8. The molecule has 0 heterocycles. The van der Waals surface area contributed by atoms with Crippen molar-refractivity contribution < 1.29 is 10.2 Å². The molecule has 2 heteroatoms. The minimum Gasteiger partial charge on any atom is -0.395 e. The van der Waals surface area contributed by atoms with Gasteiger partial charge in [-0.15, -0.1) is 0 Å². The van der Waals surface area contributed by atoms with Crippen LogP contribution in [0.3, 0.4) is 0 Å². The summed E-state index contributed by atoms with van der Waals surface area (Å²) in [6.07, 6.45) is 3.92. The molecule has 0 fully saturated rings. The van der Waals surface area contributed by atoms with E-state index in [1.54, 1.807) is 6.08 Å². The second-order valence-corrected chi connectivity index (χ2v) is 2.94. The topological polar surface area (TPSA) is 40.5 Å². The van der Waals surface area contributed by atoms with Gasteiger partial charge in [0.1, 0.15) is 0 Å². The van der Waals surface area contributed by atoms with E-state index in [4.69, 9.17) is 10.2 Å². The summed E-state index contributed by atoms with van der Waals surface area (Å²) in [6, 6.07) is 0. The Morgan fingerprint density at radius 1 is 1.78 bits per heavy atom. The van der Waals surface area contributed by atoms with Crippen molar-refractivity contribution in [2.24, 2.45) is 5.41 Å². The fourth-order valence-electron chi connectivity index (χ4n) is 1.07. The van der Waals surface area contributed by atoms with Crippen LogP contribution in [0, 0.1) is 5.41 Å². The van der Waals surface area contributed by atoms with Crippen LogP contribution in [0.1, 0.15) is 13.3 Å². The van der Waals surface area contributed by atoms with Gasteiger partial charge >= 0.3 is 0 Å². The van der Waals surface area contributed by atoms with Crippen molar-refractivity contribution in [3.05, 3.63) is 12.2 Å². The van der Waals surface area contributed by atoms with Crippen molar-refractivity contribution >= 4 is 0 Å². The van der Waals surface area contributed by atoms with Crippen LogP contribution in [-0.2, 0) is 0 Å². The van der Waals surface area contributed by atoms with E-state index in [2.05, 4.69) is 0 Å². The summed E-state index contributed by atoms with van der Waals surface area (Å²) in [5.74, 6) is 0. The van der Waals surface area contributed by atoms with E-state index in [0.29, 0.717) is 6.42 Å². The molecule has 0 amide bonds. The molecule has 2 atom stereocenters. The molecule has 0 spiro atoms. The summed E-state index contributed by atoms with van der Waals surface area (Å²) in [4.78, 5) is 0. The van der Waals surface area contributed by atoms with Gasteiger partial charge in [-0.25, -0.2) is 0 Å². The highest BCUT2D eigenvalue weighted by Gasteiger charge is 2.27. The van der Waals surface area contributed by atoms with Gasteiger partial charge in [0.25, 0.3) is 0 Å². The van der Waals surface area contributed by atoms with Gasteiger partial charge in [-0.05, 0) is 6.42 Å². The van der Waals surface area contributed by atoms with E-state index in [9.17, 15) is 0 Å². The number of hydrogen-bond donors (Lipinski definition) is 2. The lowest BCUT2D eigenvalue weighted by atomic mass is 9.91. The summed E-state index contributed by atoms with van der Waals surface area (Å²) in [5.41, 5.74) is -0.167. The second-order valence-electron chi connectivity index (χ2n) is 2.94. The first-order valence-electron chi connectivity index (χ1n) is 3.15. The molecular formula is C7H12O2. The van der Waals surface area contributed by atoms with Gasteiger partial charge in [0.15, 0.2) is 0 Å². The highest BCUT2D eigenvalue weighted by molar-refractivity contribution is 5.09. The van der Waals surface area contributed by atoms with Crippen LogP contribution < -0.4 is 0 Å². The zero-order valence-corrected chi connectivity index (χ0v) is 5.54. The number of aliphatic hydroxyl groups is 2. The van der Waals surface area contributed by atoms with E-state index in [1.807, 2.05) is 13.0 Å². The Balaban J connectivity index is 2.57. The van der Waals surface area contributed by atoms with E-state index in [-0.39, 0.29) is 18.1 Å². The lowest BCUT2D eigenvalue weighted by molar-refractivity contribution is 0.132. The van der Waals surface area contributed by atoms with Crippen LogP contribution in [0.15, 0.2) is 12.2 Å². The quantitative estimate of drug-likeness (QED) is 0.499. The average molecular weight is 128 g/mol. The SMILES string of the molecule is C[C@]1(CO)C=C[C@@H](O)C1. The molecule has 0 saturated carbocycles. The largest absolute Gasteiger partial charge is 0.395 e. The molecule has 2 nitrogen and oxygen atoms in total. The fraction of sp³-hybridized carbons (Fsp3) is 0.714. The number of hydrogen-bond acceptors (Lipinski definition) is 2. The number of rotatable bonds is 1. The molecule has 1 aliphatic rings. The van der Waals surface area contributed by atoms with Gasteiger partial charge in [-0.3, -0.25) is 0 Å². The molecule has 0 bridgehead atoms. The van der Waals surface area contributed by atoms with Crippen LogP contribution in [0.25, 0.3) is 0 Å². The van der Waals surface area contributed by atoms with Crippen molar-refractivity contribution in [1.29, 1.82) is 0 Å². The smallest absolute Gasteiger partial charge is 0.0730 e. The maximum absolute atomic E-state index is 9.00. The molecule has 0 saturated heterocycles. The van der Waals surface area contributed by atoms with Gasteiger partial charge in [0.2, 0.25) is 0 Å². The van der Waals surface area contributed by atoms with Gasteiger partial charge < -0.3 is 10.2 Å². The molecule has 0 aromatic heterocycles. The lowest BCUT2D eigenvalue weighted by Crippen LogP contribution is -2.18. The molecule has 2 N–H and O–H groups in total. The molecule has 0 aromatic carbocycles. The van der Waals surface area contributed by atoms with Crippen LogP contribution in [-0.4, -0.2) is 22.9 Å². The minimum atomic E-state index is -0.345. The second kappa shape index (κ2) is 2.12. The van der Waals surface area contributed by atoms with Crippen molar-refractivity contribution in [1.82, 2.24) is 0 Å². The molecule has 0 aliphatic heterocycles. The van der Waals surface area contributed by atoms with E-state index < -0.39 is 0 Å². The Hall–Kier alpha value is -0.340. The third kappa shape index (κ3) is 1.32. The Morgan fingerprint density at radius 2 is 2.44 bits per heavy atom. The van der Waals surface area contributed by atoms with Gasteiger partial charge in [0.05, 0.1) is 12.7 Å². The Morgan fingerprint density at radius 3 is 2.67 bits per heavy atom. The summed E-state index contributed by atoms with van der Waals surface area (Å²) >= 11 is 0. The first kappa shape index (κ1) is 6.78. The molecule has 52 valence electrons. The first-order valence-corrected chi connectivity index (χ1v) is 3.15. The van der Waals surface area contributed by atoms with Crippen LogP contribution in [0.2, 0.25) is 0 Å². The monoisotopic (exact) mass is 128 g/mol. The van der Waals surface area contributed by atoms with Gasteiger partial charge in [0, 0.05) is 5.41 Å². The summed E-state index contributed by atoms with van der Waals surface area (Å²) < 4.78 is 0. The van der Waals surface area contributed by atoms with E-state index in [0.717, 1.165) is 0 Å². The average Bonchev–Trinajstić information content (AvgIpc) is 2.13. The predicted octanol–water partition coefficient (Wildman–Crippen LogP) is 0.306. The van der Waals surface area contributed by atoms with Crippen molar-refractivity contribution in [3.8, 4) is 0 Å². The third-order valence-electron chi connectivity index (χ3n) is 1.76.